The van der Waals surface area contributed by atoms with Gasteiger partial charge in [0.25, 0.3) is 5.56 Å². The van der Waals surface area contributed by atoms with Crippen molar-refractivity contribution < 1.29 is 0 Å². The van der Waals surface area contributed by atoms with Crippen LogP contribution >= 0.6 is 0 Å². The number of nitrogen functional groups attached to an aromatic ring is 1. The van der Waals surface area contributed by atoms with Crippen LogP contribution in [0.5, 0.6) is 0 Å². The van der Waals surface area contributed by atoms with Crippen LogP contribution in [0.15, 0.2) is 41.5 Å². The van der Waals surface area contributed by atoms with Gasteiger partial charge in [0.15, 0.2) is 5.82 Å². The van der Waals surface area contributed by atoms with E-state index in [-0.39, 0.29) is 16.8 Å². The SMILES string of the molecule is CC(C)(Nc1nc[nH]c(=O)c1N)c1ccccc1. The third-order valence-corrected chi connectivity index (χ3v) is 2.82. The van der Waals surface area contributed by atoms with Crippen molar-refractivity contribution in [1.82, 2.24) is 9.97 Å². The Balaban J connectivity index is 2.34. The molecule has 0 spiro atoms. The monoisotopic (exact) mass is 244 g/mol. The molecule has 94 valence electrons. The molecule has 0 saturated carbocycles. The number of benzene rings is 1. The van der Waals surface area contributed by atoms with E-state index in [1.165, 1.54) is 6.33 Å². The van der Waals surface area contributed by atoms with Gasteiger partial charge in [0.2, 0.25) is 0 Å². The minimum Gasteiger partial charge on any atom is -0.391 e. The Hall–Kier alpha value is -2.30. The number of nitrogens with one attached hydrogen (secondary N) is 2. The molecule has 0 fully saturated rings. The molecule has 0 unspecified atom stereocenters. The van der Waals surface area contributed by atoms with Gasteiger partial charge in [-0.1, -0.05) is 30.3 Å². The lowest BCUT2D eigenvalue weighted by atomic mass is 9.94. The van der Waals surface area contributed by atoms with Crippen LogP contribution in [0.3, 0.4) is 0 Å². The van der Waals surface area contributed by atoms with Crippen molar-refractivity contribution >= 4 is 11.5 Å². The van der Waals surface area contributed by atoms with Gasteiger partial charge in [0.05, 0.1) is 11.9 Å². The Morgan fingerprint density at radius 1 is 1.28 bits per heavy atom. The van der Waals surface area contributed by atoms with Gasteiger partial charge < -0.3 is 16.0 Å². The maximum atomic E-state index is 11.4. The first kappa shape index (κ1) is 12.2. The molecule has 0 radical (unpaired) electrons. The Labute approximate surface area is 105 Å². The summed E-state index contributed by atoms with van der Waals surface area (Å²) in [5, 5.41) is 3.19. The molecule has 0 amide bonds. The average molecular weight is 244 g/mol. The summed E-state index contributed by atoms with van der Waals surface area (Å²) in [5.74, 6) is 0.396. The molecule has 1 aromatic heterocycles. The van der Waals surface area contributed by atoms with Crippen LogP contribution in [0.2, 0.25) is 0 Å². The number of aromatic amines is 1. The number of H-pyrrole nitrogens is 1. The number of anilines is 2. The fraction of sp³-hybridized carbons (Fsp3) is 0.231. The van der Waals surface area contributed by atoms with E-state index in [0.29, 0.717) is 5.82 Å². The van der Waals surface area contributed by atoms with Gasteiger partial charge in [-0.05, 0) is 19.4 Å². The first-order valence-corrected chi connectivity index (χ1v) is 5.67. The predicted molar refractivity (Wildman–Crippen MR) is 72.4 cm³/mol. The van der Waals surface area contributed by atoms with Crippen LogP contribution in [-0.2, 0) is 5.54 Å². The van der Waals surface area contributed by atoms with Crippen molar-refractivity contribution in [3.05, 3.63) is 52.6 Å². The number of nitrogens with zero attached hydrogens (tertiary/aromatic N) is 1. The molecule has 0 aliphatic heterocycles. The second-order valence-electron chi connectivity index (χ2n) is 4.61. The molecule has 5 heteroatoms. The molecule has 0 aliphatic rings. The molecular formula is C13H16N4O. The molecular weight excluding hydrogens is 228 g/mol. The van der Waals surface area contributed by atoms with E-state index in [9.17, 15) is 4.79 Å². The van der Waals surface area contributed by atoms with Gasteiger partial charge in [-0.3, -0.25) is 4.79 Å². The zero-order valence-electron chi connectivity index (χ0n) is 10.4. The van der Waals surface area contributed by atoms with E-state index >= 15 is 0 Å². The van der Waals surface area contributed by atoms with Gasteiger partial charge in [0.1, 0.15) is 5.69 Å². The van der Waals surface area contributed by atoms with Gasteiger partial charge >= 0.3 is 0 Å². The highest BCUT2D eigenvalue weighted by Crippen LogP contribution is 2.25. The van der Waals surface area contributed by atoms with E-state index < -0.39 is 0 Å². The van der Waals surface area contributed by atoms with Crippen molar-refractivity contribution in [3.8, 4) is 0 Å². The number of hydrogen-bond acceptors (Lipinski definition) is 4. The predicted octanol–water partition coefficient (Wildman–Crippen LogP) is 1.70. The third kappa shape index (κ3) is 2.34. The second kappa shape index (κ2) is 4.52. The zero-order chi connectivity index (χ0) is 13.2. The fourth-order valence-corrected chi connectivity index (χ4v) is 1.73. The lowest BCUT2D eigenvalue weighted by Crippen LogP contribution is -2.30. The Bertz CT molecular complexity index is 589. The first-order chi connectivity index (χ1) is 8.50. The number of aromatic nitrogens is 2. The third-order valence-electron chi connectivity index (χ3n) is 2.82. The Morgan fingerprint density at radius 3 is 2.61 bits per heavy atom. The van der Waals surface area contributed by atoms with Crippen LogP contribution in [0.25, 0.3) is 0 Å². The molecule has 0 bridgehead atoms. The van der Waals surface area contributed by atoms with Gasteiger partial charge in [-0.2, -0.15) is 0 Å². The maximum Gasteiger partial charge on any atom is 0.276 e. The highest BCUT2D eigenvalue weighted by atomic mass is 16.1. The summed E-state index contributed by atoms with van der Waals surface area (Å²) in [6, 6.07) is 9.91. The van der Waals surface area contributed by atoms with Crippen molar-refractivity contribution in [2.45, 2.75) is 19.4 Å². The van der Waals surface area contributed by atoms with Crippen LogP contribution < -0.4 is 16.6 Å². The summed E-state index contributed by atoms with van der Waals surface area (Å²) >= 11 is 0. The second-order valence-corrected chi connectivity index (χ2v) is 4.61. The van der Waals surface area contributed by atoms with E-state index in [1.807, 2.05) is 44.2 Å². The molecule has 0 saturated heterocycles. The zero-order valence-corrected chi connectivity index (χ0v) is 10.4. The molecule has 5 nitrogen and oxygen atoms in total. The lowest BCUT2D eigenvalue weighted by Gasteiger charge is -2.27. The van der Waals surface area contributed by atoms with Gasteiger partial charge in [-0.25, -0.2) is 4.98 Å². The molecule has 0 aliphatic carbocycles. The molecule has 4 N–H and O–H groups in total. The van der Waals surface area contributed by atoms with Gasteiger partial charge in [-0.15, -0.1) is 0 Å². The van der Waals surface area contributed by atoms with Crippen molar-refractivity contribution in [2.24, 2.45) is 0 Å². The van der Waals surface area contributed by atoms with Crippen molar-refractivity contribution in [3.63, 3.8) is 0 Å². The van der Waals surface area contributed by atoms with Crippen LogP contribution in [0.4, 0.5) is 11.5 Å². The van der Waals surface area contributed by atoms with E-state index in [1.54, 1.807) is 0 Å². The first-order valence-electron chi connectivity index (χ1n) is 5.67. The smallest absolute Gasteiger partial charge is 0.276 e. The van der Waals surface area contributed by atoms with Crippen LogP contribution in [-0.4, -0.2) is 9.97 Å². The maximum absolute atomic E-state index is 11.4. The molecule has 1 heterocycles. The van der Waals surface area contributed by atoms with Crippen LogP contribution in [0.1, 0.15) is 19.4 Å². The Kier molecular flexibility index (Phi) is 3.06. The van der Waals surface area contributed by atoms with Crippen molar-refractivity contribution in [1.29, 1.82) is 0 Å². The normalized spacial score (nSPS) is 11.2. The topological polar surface area (TPSA) is 83.8 Å². The summed E-state index contributed by atoms with van der Waals surface area (Å²) < 4.78 is 0. The summed E-state index contributed by atoms with van der Waals surface area (Å²) in [7, 11) is 0. The molecule has 0 atom stereocenters. The quantitative estimate of drug-likeness (QED) is 0.767. The Morgan fingerprint density at radius 2 is 1.94 bits per heavy atom. The number of rotatable bonds is 3. The van der Waals surface area contributed by atoms with Gasteiger partial charge in [0, 0.05) is 0 Å². The summed E-state index contributed by atoms with van der Waals surface area (Å²) in [6.45, 7) is 4.01. The minimum atomic E-state index is -0.365. The summed E-state index contributed by atoms with van der Waals surface area (Å²) in [5.41, 5.74) is 6.19. The molecule has 18 heavy (non-hydrogen) atoms. The molecule has 2 aromatic rings. The summed E-state index contributed by atoms with van der Waals surface area (Å²) in [4.78, 5) is 17.9. The molecule has 2 rings (SSSR count). The summed E-state index contributed by atoms with van der Waals surface area (Å²) in [6.07, 6.45) is 1.34. The minimum absolute atomic E-state index is 0.0986. The van der Waals surface area contributed by atoms with E-state index in [2.05, 4.69) is 15.3 Å². The average Bonchev–Trinajstić information content (AvgIpc) is 2.36. The number of hydrogen-bond donors (Lipinski definition) is 3. The van der Waals surface area contributed by atoms with Crippen molar-refractivity contribution in [2.75, 3.05) is 11.1 Å². The lowest BCUT2D eigenvalue weighted by molar-refractivity contribution is 0.606. The standard InChI is InChI=1S/C13H16N4O/c1-13(2,9-6-4-3-5-7-9)17-11-10(14)12(18)16-8-15-11/h3-8H,14H2,1-2H3,(H2,15,16,17,18). The number of nitrogens with two attached hydrogens (primary N) is 1. The largest absolute Gasteiger partial charge is 0.391 e. The van der Waals surface area contributed by atoms with E-state index in [0.717, 1.165) is 5.56 Å². The highest BCUT2D eigenvalue weighted by molar-refractivity contribution is 5.60. The highest BCUT2D eigenvalue weighted by Gasteiger charge is 2.21. The fourth-order valence-electron chi connectivity index (χ4n) is 1.73. The molecule has 1 aromatic carbocycles. The van der Waals surface area contributed by atoms with Crippen LogP contribution in [0, 0.1) is 0 Å². The van der Waals surface area contributed by atoms with E-state index in [4.69, 9.17) is 5.73 Å².